The Morgan fingerprint density at radius 2 is 1.95 bits per heavy atom. The molecule has 2 aliphatic heterocycles. The molecule has 0 amide bonds. The third-order valence-electron chi connectivity index (χ3n) is 8.26. The lowest BCUT2D eigenvalue weighted by atomic mass is 9.71. The van der Waals surface area contributed by atoms with Crippen molar-refractivity contribution in [3.05, 3.63) is 81.7 Å². The van der Waals surface area contributed by atoms with E-state index in [1.165, 1.54) is 5.56 Å². The maximum Gasteiger partial charge on any atom is 0.337 e. The Labute approximate surface area is 217 Å². The molecule has 192 valence electrons. The number of hydrogen-bond acceptors (Lipinski definition) is 6. The Bertz CT molecular complexity index is 1320. The lowest BCUT2D eigenvalue weighted by molar-refractivity contribution is -0.144. The molecule has 0 aromatic heterocycles. The van der Waals surface area contributed by atoms with E-state index >= 15 is 0 Å². The minimum absolute atomic E-state index is 0.0230. The van der Waals surface area contributed by atoms with Crippen LogP contribution in [0.1, 0.15) is 80.4 Å². The van der Waals surface area contributed by atoms with Gasteiger partial charge in [0.05, 0.1) is 12.2 Å². The summed E-state index contributed by atoms with van der Waals surface area (Å²) in [5, 5.41) is 13.8. The van der Waals surface area contributed by atoms with Gasteiger partial charge in [0.1, 0.15) is 17.6 Å². The summed E-state index contributed by atoms with van der Waals surface area (Å²) in [5.41, 5.74) is 5.82. The lowest BCUT2D eigenvalue weighted by Gasteiger charge is -2.37. The van der Waals surface area contributed by atoms with Crippen LogP contribution in [0.25, 0.3) is 0 Å². The topological polar surface area (TPSA) is 84.9 Å². The third-order valence-corrected chi connectivity index (χ3v) is 8.26. The molecule has 2 atom stereocenters. The number of Topliss-reactive ketones (excluding diaryl/α,β-unsaturated/α-hetero) is 1. The molecule has 1 saturated carbocycles. The van der Waals surface area contributed by atoms with Gasteiger partial charge < -0.3 is 19.9 Å². The molecule has 0 spiro atoms. The highest BCUT2D eigenvalue weighted by atomic mass is 16.5. The van der Waals surface area contributed by atoms with Gasteiger partial charge in [-0.15, -0.1) is 0 Å². The van der Waals surface area contributed by atoms with Crippen LogP contribution >= 0.6 is 0 Å². The molecule has 0 saturated heterocycles. The van der Waals surface area contributed by atoms with Gasteiger partial charge in [0.15, 0.2) is 5.78 Å². The first kappa shape index (κ1) is 23.8. The van der Waals surface area contributed by atoms with E-state index in [1.54, 1.807) is 18.2 Å². The number of aromatic hydroxyl groups is 1. The molecule has 6 heteroatoms. The van der Waals surface area contributed by atoms with Gasteiger partial charge in [0.25, 0.3) is 0 Å². The number of ketones is 1. The monoisotopic (exact) mass is 499 g/mol. The second kappa shape index (κ2) is 9.73. The summed E-state index contributed by atoms with van der Waals surface area (Å²) in [6.07, 6.45) is 6.37. The lowest BCUT2D eigenvalue weighted by Crippen LogP contribution is -2.37. The number of esters is 1. The van der Waals surface area contributed by atoms with E-state index in [4.69, 9.17) is 9.47 Å². The van der Waals surface area contributed by atoms with Crippen molar-refractivity contribution in [1.29, 1.82) is 0 Å². The number of dihydropyridines is 1. The van der Waals surface area contributed by atoms with Crippen molar-refractivity contribution < 1.29 is 24.2 Å². The van der Waals surface area contributed by atoms with Gasteiger partial charge in [-0.2, -0.15) is 0 Å². The van der Waals surface area contributed by atoms with Crippen LogP contribution in [-0.2, 0) is 20.7 Å². The van der Waals surface area contributed by atoms with Crippen LogP contribution in [0, 0.1) is 0 Å². The Kier molecular flexibility index (Phi) is 6.27. The molecular formula is C31H33NO5. The Morgan fingerprint density at radius 1 is 1.11 bits per heavy atom. The second-order valence-corrected chi connectivity index (χ2v) is 10.6. The highest BCUT2D eigenvalue weighted by molar-refractivity contribution is 6.04. The van der Waals surface area contributed by atoms with Crippen molar-refractivity contribution in [3.8, 4) is 11.5 Å². The number of rotatable bonds is 5. The maximum absolute atomic E-state index is 13.9. The number of phenols is 1. The summed E-state index contributed by atoms with van der Waals surface area (Å²) in [6.45, 7) is 2.71. The molecule has 1 fully saturated rings. The summed E-state index contributed by atoms with van der Waals surface area (Å²) in [6, 6.07) is 13.2. The van der Waals surface area contributed by atoms with Crippen molar-refractivity contribution in [1.82, 2.24) is 5.32 Å². The molecule has 37 heavy (non-hydrogen) atoms. The minimum Gasteiger partial charge on any atom is -0.508 e. The zero-order valence-corrected chi connectivity index (χ0v) is 21.2. The van der Waals surface area contributed by atoms with Gasteiger partial charge in [-0.05, 0) is 79.3 Å². The Hall–Kier alpha value is -3.54. The van der Waals surface area contributed by atoms with Crippen molar-refractivity contribution in [2.24, 2.45) is 0 Å². The zero-order chi connectivity index (χ0) is 25.5. The highest BCUT2D eigenvalue weighted by Gasteiger charge is 2.42. The van der Waals surface area contributed by atoms with E-state index in [0.717, 1.165) is 60.4 Å². The predicted molar refractivity (Wildman–Crippen MR) is 139 cm³/mol. The number of carbonyl (C=O) groups excluding carboxylic acids is 2. The number of hydrogen-bond donors (Lipinski definition) is 2. The zero-order valence-electron chi connectivity index (χ0n) is 21.2. The van der Waals surface area contributed by atoms with Crippen molar-refractivity contribution in [2.75, 3.05) is 6.61 Å². The Morgan fingerprint density at radius 3 is 2.73 bits per heavy atom. The fourth-order valence-corrected chi connectivity index (χ4v) is 6.40. The standard InChI is InChI=1S/C31H33NO5/c1-2-24-30(31(35)37-23-8-3-4-9-23)28(20-6-5-7-22(33)14-20)29-25(32-24)15-21(16-26(29)34)19-11-10-18-12-13-36-27(18)17-19/h5-7,10-11,14,17,21,23,28,32-33H,2-4,8-9,12-13,15-16H2,1H3. The molecule has 2 aliphatic carbocycles. The second-order valence-electron chi connectivity index (χ2n) is 10.6. The normalized spacial score (nSPS) is 23.4. The van der Waals surface area contributed by atoms with Gasteiger partial charge in [-0.25, -0.2) is 4.79 Å². The first-order valence-electron chi connectivity index (χ1n) is 13.5. The summed E-state index contributed by atoms with van der Waals surface area (Å²) in [7, 11) is 0. The highest BCUT2D eigenvalue weighted by Crippen LogP contribution is 2.47. The summed E-state index contributed by atoms with van der Waals surface area (Å²) in [4.78, 5) is 27.5. The Balaban J connectivity index is 1.39. The molecular weight excluding hydrogens is 466 g/mol. The number of phenolic OH excluding ortho intramolecular Hbond substituents is 1. The molecule has 4 aliphatic rings. The third kappa shape index (κ3) is 4.43. The van der Waals surface area contributed by atoms with Gasteiger partial charge >= 0.3 is 5.97 Å². The van der Waals surface area contributed by atoms with Crippen LogP contribution in [-0.4, -0.2) is 29.6 Å². The number of benzene rings is 2. The molecule has 2 aromatic carbocycles. The van der Waals surface area contributed by atoms with Crippen LogP contribution in [0.3, 0.4) is 0 Å². The van der Waals surface area contributed by atoms with Crippen LogP contribution in [0.2, 0.25) is 0 Å². The van der Waals surface area contributed by atoms with Crippen LogP contribution in [0.15, 0.2) is 65.0 Å². The number of allylic oxidation sites excluding steroid dienone is 3. The van der Waals surface area contributed by atoms with Crippen LogP contribution < -0.4 is 10.1 Å². The molecule has 2 heterocycles. The molecule has 0 bridgehead atoms. The van der Waals surface area contributed by atoms with E-state index in [0.29, 0.717) is 37.0 Å². The molecule has 0 radical (unpaired) electrons. The average Bonchev–Trinajstić information content (AvgIpc) is 3.59. The molecule has 2 unspecified atom stereocenters. The van der Waals surface area contributed by atoms with Crippen molar-refractivity contribution in [2.45, 2.75) is 76.2 Å². The number of ether oxygens (including phenoxy) is 2. The predicted octanol–water partition coefficient (Wildman–Crippen LogP) is 5.56. The smallest absolute Gasteiger partial charge is 0.337 e. The van der Waals surface area contributed by atoms with E-state index in [-0.39, 0.29) is 29.5 Å². The summed E-state index contributed by atoms with van der Waals surface area (Å²) < 4.78 is 11.7. The first-order chi connectivity index (χ1) is 18.0. The quantitative estimate of drug-likeness (QED) is 0.524. The van der Waals surface area contributed by atoms with E-state index < -0.39 is 5.92 Å². The fourth-order valence-electron chi connectivity index (χ4n) is 6.40. The van der Waals surface area contributed by atoms with Crippen LogP contribution in [0.4, 0.5) is 0 Å². The fraction of sp³-hybridized carbons (Fsp3) is 0.419. The molecule has 6 nitrogen and oxygen atoms in total. The largest absolute Gasteiger partial charge is 0.508 e. The van der Waals surface area contributed by atoms with Crippen molar-refractivity contribution >= 4 is 11.8 Å². The molecule has 6 rings (SSSR count). The van der Waals surface area contributed by atoms with Crippen LogP contribution in [0.5, 0.6) is 11.5 Å². The molecule has 2 N–H and O–H groups in total. The minimum atomic E-state index is -0.566. The number of fused-ring (bicyclic) bond motifs is 1. The van der Waals surface area contributed by atoms with Crippen molar-refractivity contribution in [3.63, 3.8) is 0 Å². The maximum atomic E-state index is 13.9. The van der Waals surface area contributed by atoms with Gasteiger partial charge in [0, 0.05) is 35.7 Å². The van der Waals surface area contributed by atoms with E-state index in [2.05, 4.69) is 23.5 Å². The van der Waals surface area contributed by atoms with E-state index in [1.807, 2.05) is 13.0 Å². The van der Waals surface area contributed by atoms with Gasteiger partial charge in [-0.1, -0.05) is 31.2 Å². The van der Waals surface area contributed by atoms with E-state index in [9.17, 15) is 14.7 Å². The van der Waals surface area contributed by atoms with Gasteiger partial charge in [-0.3, -0.25) is 4.79 Å². The SMILES string of the molecule is CCC1=C(C(=O)OC2CCCC2)C(c2cccc(O)c2)C2=C(CC(c3ccc4c(c3)OCC4)CC2=O)N1. The summed E-state index contributed by atoms with van der Waals surface area (Å²) >= 11 is 0. The number of nitrogens with one attached hydrogen (secondary N) is 1. The number of carbonyl (C=O) groups is 2. The van der Waals surface area contributed by atoms with Gasteiger partial charge in [0.2, 0.25) is 0 Å². The average molecular weight is 500 g/mol. The summed E-state index contributed by atoms with van der Waals surface area (Å²) in [5.74, 6) is 0.160. The first-order valence-corrected chi connectivity index (χ1v) is 13.5. The molecule has 2 aromatic rings.